The minimum absolute atomic E-state index is 0.0157. The average Bonchev–Trinajstić information content (AvgIpc) is 3.25. The Morgan fingerprint density at radius 2 is 1.74 bits per heavy atom. The van der Waals surface area contributed by atoms with Gasteiger partial charge in [-0.25, -0.2) is 13.8 Å². The van der Waals surface area contributed by atoms with Gasteiger partial charge in [-0.15, -0.1) is 0 Å². The number of aromatic amines is 1. The third-order valence-electron chi connectivity index (χ3n) is 6.08. The molecule has 7 nitrogen and oxygen atoms in total. The molecule has 182 valence electrons. The Bertz CT molecular complexity index is 1350. The molecular weight excluding hydrogens is 457 g/mol. The van der Waals surface area contributed by atoms with Crippen molar-refractivity contribution in [2.45, 2.75) is 13.5 Å². The van der Waals surface area contributed by atoms with Crippen molar-refractivity contribution in [3.63, 3.8) is 0 Å². The number of rotatable bonds is 6. The molecule has 10 heteroatoms. The molecule has 35 heavy (non-hydrogen) atoms. The Morgan fingerprint density at radius 1 is 1.00 bits per heavy atom. The predicted molar refractivity (Wildman–Crippen MR) is 128 cm³/mol. The number of aromatic nitrogens is 3. The van der Waals surface area contributed by atoms with E-state index in [0.717, 1.165) is 50.7 Å². The van der Waals surface area contributed by atoms with E-state index in [9.17, 15) is 8.78 Å². The van der Waals surface area contributed by atoms with Gasteiger partial charge in [-0.1, -0.05) is 12.1 Å². The van der Waals surface area contributed by atoms with Crippen LogP contribution in [-0.2, 0) is 6.54 Å². The number of hydrogen-bond acceptors (Lipinski definition) is 6. The van der Waals surface area contributed by atoms with Gasteiger partial charge in [-0.05, 0) is 37.7 Å². The first-order valence-corrected chi connectivity index (χ1v) is 11.3. The molecule has 1 aliphatic rings. The number of piperazine rings is 1. The van der Waals surface area contributed by atoms with Crippen LogP contribution in [0.5, 0.6) is 11.6 Å². The van der Waals surface area contributed by atoms with Crippen LogP contribution in [0.1, 0.15) is 11.3 Å². The molecule has 3 heterocycles. The highest BCUT2D eigenvalue weighted by atomic mass is 19.1. The fraction of sp³-hybridized carbons (Fsp3) is 0.280. The number of nitrogens with one attached hydrogen (secondary N) is 2. The monoisotopic (exact) mass is 482 g/mol. The molecule has 0 atom stereocenters. The van der Waals surface area contributed by atoms with E-state index in [1.807, 2.05) is 24.3 Å². The fourth-order valence-electron chi connectivity index (χ4n) is 4.12. The van der Waals surface area contributed by atoms with Crippen LogP contribution in [0.2, 0.25) is 0 Å². The molecule has 0 radical (unpaired) electrons. The van der Waals surface area contributed by atoms with E-state index in [4.69, 9.17) is 4.74 Å². The maximum absolute atomic E-state index is 15.1. The van der Waals surface area contributed by atoms with Gasteiger partial charge < -0.3 is 19.9 Å². The van der Waals surface area contributed by atoms with Crippen LogP contribution >= 0.6 is 0 Å². The number of H-pyrrole nitrogens is 1. The lowest BCUT2D eigenvalue weighted by Crippen LogP contribution is -2.43. The third-order valence-corrected chi connectivity index (χ3v) is 6.08. The van der Waals surface area contributed by atoms with E-state index in [-0.39, 0.29) is 16.7 Å². The molecule has 1 fully saturated rings. The first kappa shape index (κ1) is 23.1. The van der Waals surface area contributed by atoms with Crippen LogP contribution < -0.4 is 10.1 Å². The second-order valence-corrected chi connectivity index (χ2v) is 8.76. The molecule has 1 aliphatic heterocycles. The van der Waals surface area contributed by atoms with Gasteiger partial charge in [0.1, 0.15) is 6.33 Å². The number of halogens is 3. The minimum Gasteiger partial charge on any atom is -0.433 e. The number of fused-ring (bicyclic) bond motifs is 1. The van der Waals surface area contributed by atoms with Crippen LogP contribution in [0.4, 0.5) is 24.7 Å². The van der Waals surface area contributed by atoms with Gasteiger partial charge in [-0.2, -0.15) is 9.37 Å². The zero-order chi connectivity index (χ0) is 24.5. The highest BCUT2D eigenvalue weighted by molar-refractivity contribution is 5.83. The smallest absolute Gasteiger partial charge is 0.261 e. The van der Waals surface area contributed by atoms with E-state index < -0.39 is 29.1 Å². The van der Waals surface area contributed by atoms with E-state index in [2.05, 4.69) is 37.1 Å². The number of benzene rings is 2. The number of nitrogens with zero attached hydrogens (tertiary/aromatic N) is 4. The molecule has 2 aromatic carbocycles. The molecule has 0 unspecified atom stereocenters. The van der Waals surface area contributed by atoms with Gasteiger partial charge in [0.15, 0.2) is 23.2 Å². The molecule has 0 bridgehead atoms. The highest BCUT2D eigenvalue weighted by Crippen LogP contribution is 2.34. The lowest BCUT2D eigenvalue weighted by Gasteiger charge is -2.32. The molecular formula is C25H25F3N6O. The summed E-state index contributed by atoms with van der Waals surface area (Å²) in [5.41, 5.74) is 2.38. The number of likely N-dealkylation sites (N-methyl/N-ethyl adjacent to an activating group) is 1. The quantitative estimate of drug-likeness (QED) is 0.405. The van der Waals surface area contributed by atoms with Crippen LogP contribution in [0, 0.1) is 24.4 Å². The summed E-state index contributed by atoms with van der Waals surface area (Å²) in [7, 11) is 2.12. The molecule has 0 amide bonds. The largest absolute Gasteiger partial charge is 0.433 e. The van der Waals surface area contributed by atoms with Crippen molar-refractivity contribution >= 4 is 22.4 Å². The Morgan fingerprint density at radius 3 is 2.49 bits per heavy atom. The van der Waals surface area contributed by atoms with Crippen LogP contribution in [-0.4, -0.2) is 58.0 Å². The van der Waals surface area contributed by atoms with Crippen molar-refractivity contribution in [1.82, 2.24) is 24.8 Å². The molecule has 0 spiro atoms. The van der Waals surface area contributed by atoms with Gasteiger partial charge in [0.2, 0.25) is 5.82 Å². The topological polar surface area (TPSA) is 69.3 Å². The van der Waals surface area contributed by atoms with E-state index in [0.29, 0.717) is 11.4 Å². The van der Waals surface area contributed by atoms with E-state index >= 15 is 4.39 Å². The molecule has 5 rings (SSSR count). The SMILES string of the molecule is Cc1cc2c(F)c(Oc3ncnc(Nc4ccc(CN5CCN(C)CC5)cc4)c3F)cc(F)c2[nH]1. The summed E-state index contributed by atoms with van der Waals surface area (Å²) in [4.78, 5) is 15.1. The summed E-state index contributed by atoms with van der Waals surface area (Å²) in [6.07, 6.45) is 1.09. The normalized spacial score (nSPS) is 15.0. The molecule has 0 aliphatic carbocycles. The van der Waals surface area contributed by atoms with Gasteiger partial charge in [0.25, 0.3) is 5.88 Å². The van der Waals surface area contributed by atoms with Gasteiger partial charge in [0.05, 0.1) is 5.52 Å². The molecule has 2 N–H and O–H groups in total. The molecule has 1 saturated heterocycles. The second kappa shape index (κ2) is 9.55. The number of ether oxygens (including phenoxy) is 1. The van der Waals surface area contributed by atoms with Crippen LogP contribution in [0.3, 0.4) is 0 Å². The molecule has 2 aromatic heterocycles. The molecule has 0 saturated carbocycles. The Kier molecular flexibility index (Phi) is 6.31. The van der Waals surface area contributed by atoms with Gasteiger partial charge in [-0.3, -0.25) is 4.90 Å². The van der Waals surface area contributed by atoms with Crippen molar-refractivity contribution in [2.75, 3.05) is 38.5 Å². The Balaban J connectivity index is 1.31. The number of anilines is 2. The average molecular weight is 483 g/mol. The fourth-order valence-corrected chi connectivity index (χ4v) is 4.12. The first-order chi connectivity index (χ1) is 16.9. The third kappa shape index (κ3) is 4.94. The summed E-state index contributed by atoms with van der Waals surface area (Å²) in [6, 6.07) is 9.95. The summed E-state index contributed by atoms with van der Waals surface area (Å²) >= 11 is 0. The van der Waals surface area contributed by atoms with Crippen molar-refractivity contribution in [2.24, 2.45) is 0 Å². The molecule has 4 aromatic rings. The second-order valence-electron chi connectivity index (χ2n) is 8.76. The zero-order valence-electron chi connectivity index (χ0n) is 19.4. The van der Waals surface area contributed by atoms with Crippen molar-refractivity contribution in [3.8, 4) is 11.6 Å². The summed E-state index contributed by atoms with van der Waals surface area (Å²) in [5.74, 6) is -3.56. The summed E-state index contributed by atoms with van der Waals surface area (Å²) < 4.78 is 49.6. The predicted octanol–water partition coefficient (Wildman–Crippen LogP) is 4.97. The van der Waals surface area contributed by atoms with E-state index in [1.54, 1.807) is 6.92 Å². The maximum atomic E-state index is 15.1. The lowest BCUT2D eigenvalue weighted by molar-refractivity contribution is 0.148. The lowest BCUT2D eigenvalue weighted by atomic mass is 10.2. The van der Waals surface area contributed by atoms with Crippen molar-refractivity contribution in [1.29, 1.82) is 0 Å². The Labute approximate surface area is 200 Å². The number of aryl methyl sites for hydroxylation is 1. The van der Waals surface area contributed by atoms with Crippen LogP contribution in [0.15, 0.2) is 42.7 Å². The summed E-state index contributed by atoms with van der Waals surface area (Å²) in [6.45, 7) is 6.67. The number of hydrogen-bond donors (Lipinski definition) is 2. The van der Waals surface area contributed by atoms with Crippen molar-refractivity contribution in [3.05, 3.63) is 71.4 Å². The summed E-state index contributed by atoms with van der Waals surface area (Å²) in [5, 5.41) is 2.91. The maximum Gasteiger partial charge on any atom is 0.261 e. The van der Waals surface area contributed by atoms with Gasteiger partial charge >= 0.3 is 0 Å². The minimum atomic E-state index is -0.917. The van der Waals surface area contributed by atoms with Crippen LogP contribution in [0.25, 0.3) is 10.9 Å². The Hall–Kier alpha value is -3.63. The standard InChI is InChI=1S/C25H25F3N6O/c1-15-11-18-21(27)20(12-19(26)23(18)31-15)35-25-22(28)24(29-14-30-25)32-17-5-3-16(4-6-17)13-34-9-7-33(2)8-10-34/h3-6,11-12,14,31H,7-10,13H2,1-2H3,(H,29,30,32). The zero-order valence-corrected chi connectivity index (χ0v) is 19.4. The van der Waals surface area contributed by atoms with Gasteiger partial charge in [0, 0.05) is 55.6 Å². The first-order valence-electron chi connectivity index (χ1n) is 11.3. The van der Waals surface area contributed by atoms with Crippen molar-refractivity contribution < 1.29 is 17.9 Å². The highest BCUT2D eigenvalue weighted by Gasteiger charge is 2.20. The van der Waals surface area contributed by atoms with E-state index in [1.165, 1.54) is 6.07 Å².